The molecule has 110 valence electrons. The molecule has 1 heterocycles. The van der Waals surface area contributed by atoms with E-state index in [-0.39, 0.29) is 0 Å². The van der Waals surface area contributed by atoms with Crippen molar-refractivity contribution in [2.75, 3.05) is 13.1 Å². The SMILES string of the molecule is CC1CCN([C@H](Cc2ccccc2)c2ccccc2)CC1. The lowest BCUT2D eigenvalue weighted by Gasteiger charge is -2.37. The summed E-state index contributed by atoms with van der Waals surface area (Å²) in [5.74, 6) is 0.884. The molecule has 0 aliphatic carbocycles. The quantitative estimate of drug-likeness (QED) is 0.784. The minimum absolute atomic E-state index is 0.515. The van der Waals surface area contributed by atoms with E-state index >= 15 is 0 Å². The van der Waals surface area contributed by atoms with Crippen molar-refractivity contribution in [3.8, 4) is 0 Å². The summed E-state index contributed by atoms with van der Waals surface area (Å²) in [6.45, 7) is 4.84. The molecule has 0 amide bonds. The van der Waals surface area contributed by atoms with Crippen LogP contribution in [0.25, 0.3) is 0 Å². The molecule has 0 unspecified atom stereocenters. The molecule has 0 bridgehead atoms. The van der Waals surface area contributed by atoms with Crippen molar-refractivity contribution in [1.29, 1.82) is 0 Å². The second kappa shape index (κ2) is 6.91. The number of piperidine rings is 1. The van der Waals surface area contributed by atoms with Crippen molar-refractivity contribution in [3.63, 3.8) is 0 Å². The van der Waals surface area contributed by atoms with Gasteiger partial charge < -0.3 is 0 Å². The van der Waals surface area contributed by atoms with Crippen LogP contribution in [-0.2, 0) is 6.42 Å². The third kappa shape index (κ3) is 3.74. The third-order valence-electron chi connectivity index (χ3n) is 4.72. The van der Waals surface area contributed by atoms with E-state index in [0.29, 0.717) is 6.04 Å². The largest absolute Gasteiger partial charge is 0.296 e. The molecule has 1 heteroatoms. The Hall–Kier alpha value is -1.60. The molecule has 0 saturated carbocycles. The molecule has 1 atom stereocenters. The minimum Gasteiger partial charge on any atom is -0.296 e. The summed E-state index contributed by atoms with van der Waals surface area (Å²) in [5.41, 5.74) is 2.89. The van der Waals surface area contributed by atoms with E-state index in [1.807, 2.05) is 0 Å². The van der Waals surface area contributed by atoms with E-state index in [1.165, 1.54) is 37.1 Å². The smallest absolute Gasteiger partial charge is 0.0388 e. The molecule has 0 N–H and O–H groups in total. The monoisotopic (exact) mass is 279 g/mol. The van der Waals surface area contributed by atoms with Crippen LogP contribution >= 0.6 is 0 Å². The Morgan fingerprint density at radius 3 is 2.10 bits per heavy atom. The zero-order valence-electron chi connectivity index (χ0n) is 12.9. The maximum atomic E-state index is 2.68. The number of hydrogen-bond donors (Lipinski definition) is 0. The highest BCUT2D eigenvalue weighted by Gasteiger charge is 2.24. The number of rotatable bonds is 4. The summed E-state index contributed by atoms with van der Waals surface area (Å²) in [4.78, 5) is 2.68. The van der Waals surface area contributed by atoms with Gasteiger partial charge in [0.1, 0.15) is 0 Å². The molecular formula is C20H25N. The first-order chi connectivity index (χ1) is 10.3. The first-order valence-corrected chi connectivity index (χ1v) is 8.16. The Labute approximate surface area is 128 Å². The lowest BCUT2D eigenvalue weighted by atomic mass is 9.92. The fourth-order valence-corrected chi connectivity index (χ4v) is 3.31. The predicted molar refractivity (Wildman–Crippen MR) is 89.3 cm³/mol. The Morgan fingerprint density at radius 1 is 0.905 bits per heavy atom. The minimum atomic E-state index is 0.515. The van der Waals surface area contributed by atoms with Gasteiger partial charge in [0.05, 0.1) is 0 Å². The standard InChI is InChI=1S/C20H25N/c1-17-12-14-21(15-13-17)20(19-10-6-3-7-11-19)16-18-8-4-2-5-9-18/h2-11,17,20H,12-16H2,1H3/t20-/m1/s1. The highest BCUT2D eigenvalue weighted by atomic mass is 15.2. The first-order valence-electron chi connectivity index (χ1n) is 8.16. The van der Waals surface area contributed by atoms with Crippen LogP contribution in [0, 0.1) is 5.92 Å². The summed E-state index contributed by atoms with van der Waals surface area (Å²) in [6.07, 6.45) is 3.77. The van der Waals surface area contributed by atoms with Gasteiger partial charge in [0.15, 0.2) is 0 Å². The summed E-state index contributed by atoms with van der Waals surface area (Å²) < 4.78 is 0. The van der Waals surface area contributed by atoms with Crippen molar-refractivity contribution >= 4 is 0 Å². The van der Waals surface area contributed by atoms with Gasteiger partial charge in [-0.3, -0.25) is 4.90 Å². The van der Waals surface area contributed by atoms with Gasteiger partial charge in [-0.25, -0.2) is 0 Å². The molecule has 0 radical (unpaired) electrons. The van der Waals surface area contributed by atoms with Crippen LogP contribution < -0.4 is 0 Å². The molecule has 1 saturated heterocycles. The lowest BCUT2D eigenvalue weighted by molar-refractivity contribution is 0.137. The fraction of sp³-hybridized carbons (Fsp3) is 0.400. The van der Waals surface area contributed by atoms with E-state index in [4.69, 9.17) is 0 Å². The molecule has 1 fully saturated rings. The lowest BCUT2D eigenvalue weighted by Crippen LogP contribution is -2.37. The average Bonchev–Trinajstić information content (AvgIpc) is 2.55. The topological polar surface area (TPSA) is 3.24 Å². The number of likely N-dealkylation sites (tertiary alicyclic amines) is 1. The van der Waals surface area contributed by atoms with Crippen molar-refractivity contribution in [2.24, 2.45) is 5.92 Å². The number of hydrogen-bond acceptors (Lipinski definition) is 1. The Morgan fingerprint density at radius 2 is 1.48 bits per heavy atom. The fourth-order valence-electron chi connectivity index (χ4n) is 3.31. The van der Waals surface area contributed by atoms with Gasteiger partial charge in [0.25, 0.3) is 0 Å². The zero-order valence-corrected chi connectivity index (χ0v) is 12.9. The van der Waals surface area contributed by atoms with Crippen LogP contribution in [0.3, 0.4) is 0 Å². The molecule has 2 aromatic rings. The summed E-state index contributed by atoms with van der Waals surface area (Å²) in [6, 6.07) is 22.4. The average molecular weight is 279 g/mol. The second-order valence-electron chi connectivity index (χ2n) is 6.33. The van der Waals surface area contributed by atoms with Gasteiger partial charge in [-0.15, -0.1) is 0 Å². The normalized spacial score (nSPS) is 18.5. The molecule has 1 aliphatic heterocycles. The molecule has 0 aromatic heterocycles. The third-order valence-corrected chi connectivity index (χ3v) is 4.72. The second-order valence-corrected chi connectivity index (χ2v) is 6.33. The van der Waals surface area contributed by atoms with Crippen LogP contribution in [0.2, 0.25) is 0 Å². The highest BCUT2D eigenvalue weighted by Crippen LogP contribution is 2.29. The van der Waals surface area contributed by atoms with Gasteiger partial charge in [-0.2, -0.15) is 0 Å². The molecule has 0 spiro atoms. The van der Waals surface area contributed by atoms with Crippen LogP contribution in [-0.4, -0.2) is 18.0 Å². The van der Waals surface area contributed by atoms with E-state index in [2.05, 4.69) is 72.5 Å². The maximum Gasteiger partial charge on any atom is 0.0388 e. The molecule has 1 aliphatic rings. The molecule has 1 nitrogen and oxygen atoms in total. The molecular weight excluding hydrogens is 254 g/mol. The van der Waals surface area contributed by atoms with Crippen molar-refractivity contribution in [1.82, 2.24) is 4.90 Å². The maximum absolute atomic E-state index is 2.68. The van der Waals surface area contributed by atoms with Crippen molar-refractivity contribution < 1.29 is 0 Å². The van der Waals surface area contributed by atoms with Crippen LogP contribution in [0.1, 0.15) is 36.9 Å². The van der Waals surface area contributed by atoms with Gasteiger partial charge >= 0.3 is 0 Å². The zero-order chi connectivity index (χ0) is 14.5. The molecule has 3 rings (SSSR count). The van der Waals surface area contributed by atoms with Crippen LogP contribution in [0.4, 0.5) is 0 Å². The Kier molecular flexibility index (Phi) is 4.72. The first kappa shape index (κ1) is 14.3. The van der Waals surface area contributed by atoms with E-state index in [1.54, 1.807) is 0 Å². The van der Waals surface area contributed by atoms with Crippen LogP contribution in [0.15, 0.2) is 60.7 Å². The van der Waals surface area contributed by atoms with Gasteiger partial charge in [-0.1, -0.05) is 67.6 Å². The summed E-state index contributed by atoms with van der Waals surface area (Å²) >= 11 is 0. The van der Waals surface area contributed by atoms with E-state index in [0.717, 1.165) is 12.3 Å². The molecule has 2 aromatic carbocycles. The summed E-state index contributed by atoms with van der Waals surface area (Å²) in [5, 5.41) is 0. The van der Waals surface area contributed by atoms with Gasteiger partial charge in [0.2, 0.25) is 0 Å². The van der Waals surface area contributed by atoms with Crippen molar-refractivity contribution in [2.45, 2.75) is 32.2 Å². The highest BCUT2D eigenvalue weighted by molar-refractivity contribution is 5.24. The van der Waals surface area contributed by atoms with Gasteiger partial charge in [-0.05, 0) is 49.4 Å². The predicted octanol–water partition coefficient (Wildman–Crippen LogP) is 4.70. The van der Waals surface area contributed by atoms with Gasteiger partial charge in [0, 0.05) is 6.04 Å². The van der Waals surface area contributed by atoms with Crippen LogP contribution in [0.5, 0.6) is 0 Å². The number of benzene rings is 2. The van der Waals surface area contributed by atoms with E-state index in [9.17, 15) is 0 Å². The summed E-state index contributed by atoms with van der Waals surface area (Å²) in [7, 11) is 0. The van der Waals surface area contributed by atoms with Crippen molar-refractivity contribution in [3.05, 3.63) is 71.8 Å². The van der Waals surface area contributed by atoms with E-state index < -0.39 is 0 Å². The molecule has 21 heavy (non-hydrogen) atoms. The Balaban J connectivity index is 1.81. The number of nitrogens with zero attached hydrogens (tertiary/aromatic N) is 1. The Bertz CT molecular complexity index is 526.